The first-order valence-corrected chi connectivity index (χ1v) is 6.77. The molecule has 2 nitrogen and oxygen atoms in total. The SMILES string of the molecule is FC1(Cc2ccccc2)CCN=C(c2ccccc2)O1. The number of halogens is 1. The Labute approximate surface area is 117 Å². The Bertz CT molecular complexity index is 597. The number of ether oxygens (including phenoxy) is 1. The third-order valence-corrected chi connectivity index (χ3v) is 3.35. The van der Waals surface area contributed by atoms with Crippen molar-refractivity contribution >= 4 is 5.90 Å². The topological polar surface area (TPSA) is 21.6 Å². The minimum atomic E-state index is -1.67. The van der Waals surface area contributed by atoms with Crippen molar-refractivity contribution in [2.75, 3.05) is 6.54 Å². The summed E-state index contributed by atoms with van der Waals surface area (Å²) in [5, 5.41) is 0. The van der Waals surface area contributed by atoms with Gasteiger partial charge < -0.3 is 4.74 Å². The molecule has 3 heteroatoms. The van der Waals surface area contributed by atoms with Gasteiger partial charge in [-0.1, -0.05) is 48.5 Å². The Morgan fingerprint density at radius 2 is 1.65 bits per heavy atom. The number of alkyl halides is 1. The predicted octanol–water partition coefficient (Wildman–Crippen LogP) is 3.76. The van der Waals surface area contributed by atoms with Crippen molar-refractivity contribution in [2.45, 2.75) is 18.7 Å². The molecule has 0 amide bonds. The van der Waals surface area contributed by atoms with E-state index in [4.69, 9.17) is 4.74 Å². The summed E-state index contributed by atoms with van der Waals surface area (Å²) < 4.78 is 20.4. The number of rotatable bonds is 3. The Morgan fingerprint density at radius 1 is 1.00 bits per heavy atom. The Kier molecular flexibility index (Phi) is 3.50. The Hall–Kier alpha value is -2.16. The van der Waals surface area contributed by atoms with Crippen LogP contribution in [0.15, 0.2) is 65.7 Å². The summed E-state index contributed by atoms with van der Waals surface area (Å²) in [5.74, 6) is -1.27. The van der Waals surface area contributed by atoms with Crippen molar-refractivity contribution in [3.8, 4) is 0 Å². The van der Waals surface area contributed by atoms with Gasteiger partial charge in [0.05, 0.1) is 0 Å². The van der Waals surface area contributed by atoms with Gasteiger partial charge in [0.25, 0.3) is 5.85 Å². The van der Waals surface area contributed by atoms with Crippen molar-refractivity contribution in [3.63, 3.8) is 0 Å². The van der Waals surface area contributed by atoms with Crippen LogP contribution >= 0.6 is 0 Å². The molecule has 1 aliphatic heterocycles. The summed E-state index contributed by atoms with van der Waals surface area (Å²) in [6.07, 6.45) is 0.540. The lowest BCUT2D eigenvalue weighted by Crippen LogP contribution is -2.37. The van der Waals surface area contributed by atoms with Gasteiger partial charge >= 0.3 is 0 Å². The summed E-state index contributed by atoms with van der Waals surface area (Å²) in [5.41, 5.74) is 1.76. The molecule has 2 aromatic carbocycles. The maximum absolute atomic E-state index is 14.9. The molecule has 0 aliphatic carbocycles. The second kappa shape index (κ2) is 5.45. The van der Waals surface area contributed by atoms with Crippen LogP contribution in [0.5, 0.6) is 0 Å². The second-order valence-electron chi connectivity index (χ2n) is 4.95. The maximum atomic E-state index is 14.9. The summed E-state index contributed by atoms with van der Waals surface area (Å²) >= 11 is 0. The third kappa shape index (κ3) is 2.87. The Morgan fingerprint density at radius 3 is 2.35 bits per heavy atom. The molecule has 20 heavy (non-hydrogen) atoms. The maximum Gasteiger partial charge on any atom is 0.255 e. The molecule has 1 heterocycles. The van der Waals surface area contributed by atoms with Crippen LogP contribution < -0.4 is 0 Å². The molecule has 0 saturated heterocycles. The molecule has 0 bridgehead atoms. The third-order valence-electron chi connectivity index (χ3n) is 3.35. The van der Waals surface area contributed by atoms with E-state index in [1.165, 1.54) is 0 Å². The van der Waals surface area contributed by atoms with Crippen LogP contribution in [0.4, 0.5) is 4.39 Å². The van der Waals surface area contributed by atoms with E-state index in [0.29, 0.717) is 12.4 Å². The molecule has 0 aromatic heterocycles. The lowest BCUT2D eigenvalue weighted by Gasteiger charge is -2.30. The van der Waals surface area contributed by atoms with Gasteiger partial charge in [0.15, 0.2) is 0 Å². The molecule has 3 rings (SSSR count). The first-order chi connectivity index (χ1) is 9.75. The summed E-state index contributed by atoms with van der Waals surface area (Å²) in [4.78, 5) is 4.29. The molecule has 0 radical (unpaired) electrons. The fourth-order valence-electron chi connectivity index (χ4n) is 2.34. The van der Waals surface area contributed by atoms with Gasteiger partial charge in [-0.3, -0.25) is 4.99 Å². The van der Waals surface area contributed by atoms with Crippen molar-refractivity contribution in [2.24, 2.45) is 4.99 Å². The van der Waals surface area contributed by atoms with E-state index < -0.39 is 5.85 Å². The first-order valence-electron chi connectivity index (χ1n) is 6.77. The van der Waals surface area contributed by atoms with Crippen LogP contribution in [-0.4, -0.2) is 18.3 Å². The van der Waals surface area contributed by atoms with Gasteiger partial charge in [-0.2, -0.15) is 4.39 Å². The zero-order valence-electron chi connectivity index (χ0n) is 11.1. The van der Waals surface area contributed by atoms with Gasteiger partial charge in [0.2, 0.25) is 5.90 Å². The van der Waals surface area contributed by atoms with Crippen LogP contribution in [0.25, 0.3) is 0 Å². The van der Waals surface area contributed by atoms with Crippen LogP contribution in [0.3, 0.4) is 0 Å². The standard InChI is InChI=1S/C17H16FNO/c18-17(13-14-7-3-1-4-8-14)11-12-19-16(20-17)15-9-5-2-6-10-15/h1-10H,11-13H2. The number of aliphatic imine (C=N–C) groups is 1. The summed E-state index contributed by atoms with van der Waals surface area (Å²) in [7, 11) is 0. The smallest absolute Gasteiger partial charge is 0.255 e. The fourth-order valence-corrected chi connectivity index (χ4v) is 2.34. The van der Waals surface area contributed by atoms with E-state index in [0.717, 1.165) is 11.1 Å². The van der Waals surface area contributed by atoms with Crippen molar-refractivity contribution in [3.05, 3.63) is 71.8 Å². The minimum Gasteiger partial charge on any atom is -0.440 e. The average Bonchev–Trinajstić information content (AvgIpc) is 2.49. The molecule has 1 aliphatic rings. The van der Waals surface area contributed by atoms with E-state index in [1.54, 1.807) is 0 Å². The molecular weight excluding hydrogens is 253 g/mol. The molecule has 1 unspecified atom stereocenters. The van der Waals surface area contributed by atoms with Crippen molar-refractivity contribution < 1.29 is 9.13 Å². The molecule has 1 atom stereocenters. The van der Waals surface area contributed by atoms with E-state index in [-0.39, 0.29) is 12.8 Å². The second-order valence-corrected chi connectivity index (χ2v) is 4.95. The number of nitrogens with zero attached hydrogens (tertiary/aromatic N) is 1. The van der Waals surface area contributed by atoms with Gasteiger partial charge in [0, 0.05) is 24.9 Å². The van der Waals surface area contributed by atoms with Crippen molar-refractivity contribution in [1.82, 2.24) is 0 Å². The first kappa shape index (κ1) is 12.9. The highest BCUT2D eigenvalue weighted by atomic mass is 19.2. The summed E-state index contributed by atoms with van der Waals surface area (Å²) in [6.45, 7) is 0.452. The number of hydrogen-bond acceptors (Lipinski definition) is 2. The molecule has 0 spiro atoms. The Balaban J connectivity index is 1.78. The minimum absolute atomic E-state index is 0.250. The molecule has 2 aromatic rings. The van der Waals surface area contributed by atoms with E-state index in [1.807, 2.05) is 60.7 Å². The lowest BCUT2D eigenvalue weighted by molar-refractivity contribution is -0.0841. The highest BCUT2D eigenvalue weighted by Crippen LogP contribution is 2.28. The van der Waals surface area contributed by atoms with E-state index in [9.17, 15) is 4.39 Å². The van der Waals surface area contributed by atoms with E-state index >= 15 is 0 Å². The largest absolute Gasteiger partial charge is 0.440 e. The number of benzene rings is 2. The molecular formula is C17H16FNO. The molecule has 0 saturated carbocycles. The van der Waals surface area contributed by atoms with Gasteiger partial charge in [0.1, 0.15) is 0 Å². The zero-order chi connectivity index (χ0) is 13.8. The molecule has 0 fully saturated rings. The average molecular weight is 269 g/mol. The van der Waals surface area contributed by atoms with Gasteiger partial charge in [-0.15, -0.1) is 0 Å². The quantitative estimate of drug-likeness (QED) is 0.831. The molecule has 102 valence electrons. The monoisotopic (exact) mass is 269 g/mol. The highest BCUT2D eigenvalue weighted by molar-refractivity contribution is 5.94. The van der Waals surface area contributed by atoms with Crippen LogP contribution in [-0.2, 0) is 11.2 Å². The lowest BCUT2D eigenvalue weighted by atomic mass is 10.0. The summed E-state index contributed by atoms with van der Waals surface area (Å²) in [6, 6.07) is 19.0. The van der Waals surface area contributed by atoms with Gasteiger partial charge in [-0.25, -0.2) is 0 Å². The van der Waals surface area contributed by atoms with Gasteiger partial charge in [-0.05, 0) is 17.7 Å². The number of hydrogen-bond donors (Lipinski definition) is 0. The van der Waals surface area contributed by atoms with Crippen LogP contribution in [0, 0.1) is 0 Å². The van der Waals surface area contributed by atoms with Crippen LogP contribution in [0.2, 0.25) is 0 Å². The van der Waals surface area contributed by atoms with Crippen LogP contribution in [0.1, 0.15) is 17.5 Å². The highest BCUT2D eigenvalue weighted by Gasteiger charge is 2.36. The van der Waals surface area contributed by atoms with E-state index in [2.05, 4.69) is 4.99 Å². The molecule has 0 N–H and O–H groups in total. The predicted molar refractivity (Wildman–Crippen MR) is 77.5 cm³/mol. The normalized spacial score (nSPS) is 21.9. The van der Waals surface area contributed by atoms with Crippen molar-refractivity contribution in [1.29, 1.82) is 0 Å². The zero-order valence-corrected chi connectivity index (χ0v) is 11.1. The fraction of sp³-hybridized carbons (Fsp3) is 0.235.